The third-order valence-corrected chi connectivity index (χ3v) is 3.71. The van der Waals surface area contributed by atoms with Crippen molar-refractivity contribution < 1.29 is 0 Å². The minimum absolute atomic E-state index is 0.475. The number of pyridine rings is 1. The molecule has 4 heteroatoms. The first-order valence-electron chi connectivity index (χ1n) is 7.11. The van der Waals surface area contributed by atoms with E-state index < -0.39 is 0 Å². The van der Waals surface area contributed by atoms with Crippen molar-refractivity contribution in [3.8, 4) is 0 Å². The summed E-state index contributed by atoms with van der Waals surface area (Å²) in [6, 6.07) is 4.55. The first-order chi connectivity index (χ1) is 9.21. The number of hydrogen-bond acceptors (Lipinski definition) is 2. The van der Waals surface area contributed by atoms with Gasteiger partial charge in [-0.3, -0.25) is 0 Å². The maximum atomic E-state index is 5.92. The van der Waals surface area contributed by atoms with Crippen molar-refractivity contribution in [3.63, 3.8) is 0 Å². The van der Waals surface area contributed by atoms with E-state index in [1.807, 2.05) is 13.0 Å². The summed E-state index contributed by atoms with van der Waals surface area (Å²) in [5, 5.41) is 0. The van der Waals surface area contributed by atoms with Crippen molar-refractivity contribution in [3.05, 3.63) is 23.7 Å². The zero-order chi connectivity index (χ0) is 13.8. The normalized spacial score (nSPS) is 13.1. The molecule has 3 nitrogen and oxygen atoms in total. The van der Waals surface area contributed by atoms with E-state index in [-0.39, 0.29) is 0 Å². The van der Waals surface area contributed by atoms with E-state index in [0.29, 0.717) is 11.9 Å². The van der Waals surface area contributed by atoms with Gasteiger partial charge in [-0.05, 0) is 31.9 Å². The summed E-state index contributed by atoms with van der Waals surface area (Å²) in [5.74, 6) is 1.67. The molecule has 19 heavy (non-hydrogen) atoms. The van der Waals surface area contributed by atoms with E-state index in [1.54, 1.807) is 0 Å². The second kappa shape index (κ2) is 6.38. The fraction of sp³-hybridized carbons (Fsp3) is 0.600. The number of fused-ring (bicyclic) bond motifs is 1. The fourth-order valence-electron chi connectivity index (χ4n) is 2.61. The number of imidazole rings is 1. The van der Waals surface area contributed by atoms with Crippen LogP contribution in [0.3, 0.4) is 0 Å². The summed E-state index contributed by atoms with van der Waals surface area (Å²) < 4.78 is 2.31. The zero-order valence-corrected chi connectivity index (χ0v) is 12.7. The maximum Gasteiger partial charge on any atom is 0.160 e. The number of aromatic nitrogens is 3. The average molecular weight is 280 g/mol. The van der Waals surface area contributed by atoms with Crippen LogP contribution in [0.5, 0.6) is 0 Å². The van der Waals surface area contributed by atoms with Gasteiger partial charge in [0.15, 0.2) is 5.65 Å². The monoisotopic (exact) mass is 279 g/mol. The molecule has 0 saturated carbocycles. The Bertz CT molecular complexity index is 548. The van der Waals surface area contributed by atoms with Gasteiger partial charge in [-0.15, -0.1) is 11.6 Å². The van der Waals surface area contributed by atoms with Crippen molar-refractivity contribution in [2.24, 2.45) is 0 Å². The van der Waals surface area contributed by atoms with Gasteiger partial charge in [-0.25, -0.2) is 9.97 Å². The molecule has 2 rings (SSSR count). The Kier molecular flexibility index (Phi) is 4.81. The third-order valence-electron chi connectivity index (χ3n) is 3.53. The first-order valence-corrected chi connectivity index (χ1v) is 7.65. The second-order valence-electron chi connectivity index (χ2n) is 4.98. The van der Waals surface area contributed by atoms with Gasteiger partial charge < -0.3 is 4.57 Å². The fourth-order valence-corrected chi connectivity index (χ4v) is 2.78. The first kappa shape index (κ1) is 14.3. The lowest BCUT2D eigenvalue weighted by atomic mass is 10.1. The Morgan fingerprint density at radius 1 is 1.26 bits per heavy atom. The average Bonchev–Trinajstić information content (AvgIpc) is 2.74. The predicted octanol–water partition coefficient (Wildman–Crippen LogP) is 4.27. The molecule has 2 heterocycles. The summed E-state index contributed by atoms with van der Waals surface area (Å²) in [6.45, 7) is 6.48. The molecule has 0 radical (unpaired) electrons. The molecule has 0 bridgehead atoms. The van der Waals surface area contributed by atoms with Crippen LogP contribution in [-0.4, -0.2) is 20.4 Å². The van der Waals surface area contributed by atoms with Gasteiger partial charge in [-0.1, -0.05) is 20.3 Å². The standard InChI is InChI=1S/C15H22ClN3/c1-4-6-12(5-2)19-14(9-10-16)18-13-8-7-11(3)17-15(13)19/h7-8,12H,4-6,9-10H2,1-3H3. The van der Waals surface area contributed by atoms with Crippen LogP contribution in [-0.2, 0) is 6.42 Å². The molecule has 0 spiro atoms. The molecule has 0 aromatic carbocycles. The molecular formula is C15H22ClN3. The van der Waals surface area contributed by atoms with Crippen LogP contribution < -0.4 is 0 Å². The van der Waals surface area contributed by atoms with Crippen LogP contribution in [0.4, 0.5) is 0 Å². The molecule has 0 aliphatic carbocycles. The van der Waals surface area contributed by atoms with Gasteiger partial charge in [0.1, 0.15) is 11.3 Å². The Labute approximate surface area is 120 Å². The van der Waals surface area contributed by atoms with Gasteiger partial charge in [0.05, 0.1) is 0 Å². The number of nitrogens with zero attached hydrogens (tertiary/aromatic N) is 3. The van der Waals surface area contributed by atoms with Crippen LogP contribution in [0.1, 0.15) is 50.7 Å². The Morgan fingerprint density at radius 3 is 2.68 bits per heavy atom. The van der Waals surface area contributed by atoms with Crippen LogP contribution in [0.2, 0.25) is 0 Å². The number of rotatable bonds is 6. The van der Waals surface area contributed by atoms with Crippen molar-refractivity contribution in [1.29, 1.82) is 0 Å². The topological polar surface area (TPSA) is 30.7 Å². The van der Waals surface area contributed by atoms with E-state index in [2.05, 4.69) is 29.5 Å². The zero-order valence-electron chi connectivity index (χ0n) is 12.0. The van der Waals surface area contributed by atoms with Crippen molar-refractivity contribution in [1.82, 2.24) is 14.5 Å². The number of alkyl halides is 1. The molecular weight excluding hydrogens is 258 g/mol. The molecule has 1 atom stereocenters. The summed E-state index contributed by atoms with van der Waals surface area (Å²) >= 11 is 5.92. The molecule has 0 amide bonds. The molecule has 0 fully saturated rings. The number of aryl methyl sites for hydroxylation is 2. The van der Waals surface area contributed by atoms with Crippen molar-refractivity contribution >= 4 is 22.8 Å². The number of halogens is 1. The Hall–Kier alpha value is -1.09. The van der Waals surface area contributed by atoms with E-state index >= 15 is 0 Å². The van der Waals surface area contributed by atoms with Crippen LogP contribution in [0.15, 0.2) is 12.1 Å². The van der Waals surface area contributed by atoms with Gasteiger partial charge in [0.2, 0.25) is 0 Å². The van der Waals surface area contributed by atoms with Gasteiger partial charge >= 0.3 is 0 Å². The molecule has 0 saturated heterocycles. The maximum absolute atomic E-state index is 5.92. The highest BCUT2D eigenvalue weighted by molar-refractivity contribution is 6.17. The Balaban J connectivity index is 2.58. The van der Waals surface area contributed by atoms with E-state index in [9.17, 15) is 0 Å². The van der Waals surface area contributed by atoms with E-state index in [4.69, 9.17) is 16.6 Å². The van der Waals surface area contributed by atoms with Crippen LogP contribution in [0, 0.1) is 6.92 Å². The minimum atomic E-state index is 0.475. The highest BCUT2D eigenvalue weighted by Gasteiger charge is 2.18. The smallest absolute Gasteiger partial charge is 0.160 e. The summed E-state index contributed by atoms with van der Waals surface area (Å²) in [4.78, 5) is 9.40. The minimum Gasteiger partial charge on any atom is -0.310 e. The summed E-state index contributed by atoms with van der Waals surface area (Å²) in [5.41, 5.74) is 3.04. The van der Waals surface area contributed by atoms with E-state index in [0.717, 1.165) is 41.9 Å². The predicted molar refractivity (Wildman–Crippen MR) is 80.9 cm³/mol. The Morgan fingerprint density at radius 2 is 2.05 bits per heavy atom. The molecule has 0 N–H and O–H groups in total. The SMILES string of the molecule is CCCC(CC)n1c(CCCl)nc2ccc(C)nc21. The molecule has 2 aromatic rings. The second-order valence-corrected chi connectivity index (χ2v) is 5.36. The van der Waals surface area contributed by atoms with Gasteiger partial charge in [0, 0.05) is 24.0 Å². The quantitative estimate of drug-likeness (QED) is 0.739. The van der Waals surface area contributed by atoms with Crippen LogP contribution in [0.25, 0.3) is 11.2 Å². The van der Waals surface area contributed by atoms with Gasteiger partial charge in [-0.2, -0.15) is 0 Å². The van der Waals surface area contributed by atoms with Crippen molar-refractivity contribution in [2.45, 2.75) is 52.5 Å². The molecule has 0 aliphatic rings. The molecule has 0 aliphatic heterocycles. The van der Waals surface area contributed by atoms with Crippen LogP contribution >= 0.6 is 11.6 Å². The lowest BCUT2D eigenvalue weighted by molar-refractivity contribution is 0.443. The summed E-state index contributed by atoms with van der Waals surface area (Å²) in [6.07, 6.45) is 4.23. The van der Waals surface area contributed by atoms with Gasteiger partial charge in [0.25, 0.3) is 0 Å². The lowest BCUT2D eigenvalue weighted by Gasteiger charge is -2.19. The number of hydrogen-bond donors (Lipinski definition) is 0. The molecule has 104 valence electrons. The largest absolute Gasteiger partial charge is 0.310 e. The molecule has 1 unspecified atom stereocenters. The lowest BCUT2D eigenvalue weighted by Crippen LogP contribution is -2.13. The third kappa shape index (κ3) is 2.92. The molecule has 2 aromatic heterocycles. The van der Waals surface area contributed by atoms with E-state index in [1.165, 1.54) is 6.42 Å². The van der Waals surface area contributed by atoms with Crippen molar-refractivity contribution in [2.75, 3.05) is 5.88 Å². The summed E-state index contributed by atoms with van der Waals surface area (Å²) in [7, 11) is 0. The highest BCUT2D eigenvalue weighted by atomic mass is 35.5. The highest BCUT2D eigenvalue weighted by Crippen LogP contribution is 2.26.